The third kappa shape index (κ3) is 2.17. The van der Waals surface area contributed by atoms with Crippen LogP contribution >= 0.6 is 0 Å². The molecule has 0 aliphatic heterocycles. The molecule has 72 valence electrons. The Balaban J connectivity index is 3.27. The lowest BCUT2D eigenvalue weighted by atomic mass is 10.2. The van der Waals surface area contributed by atoms with Crippen LogP contribution in [0.15, 0.2) is 17.7 Å². The molecule has 1 aromatic heterocycles. The largest absolute Gasteiger partial charge is 0.358 e. The molecule has 0 amide bonds. The summed E-state index contributed by atoms with van der Waals surface area (Å²) in [5.74, 6) is 2.61. The van der Waals surface area contributed by atoms with Crippen molar-refractivity contribution in [3.05, 3.63) is 34.0 Å². The first-order chi connectivity index (χ1) is 6.71. The van der Waals surface area contributed by atoms with Crippen LogP contribution in [0.1, 0.15) is 19.5 Å². The van der Waals surface area contributed by atoms with Crippen LogP contribution in [0.5, 0.6) is 0 Å². The molecule has 0 radical (unpaired) electrons. The Hall–Kier alpha value is -1.68. The summed E-state index contributed by atoms with van der Waals surface area (Å²) in [5.41, 5.74) is 2.06. The Morgan fingerprint density at radius 1 is 1.71 bits per heavy atom. The van der Waals surface area contributed by atoms with Gasteiger partial charge in [-0.2, -0.15) is 0 Å². The second-order valence-corrected chi connectivity index (χ2v) is 3.12. The molecule has 0 atom stereocenters. The van der Waals surface area contributed by atoms with Crippen LogP contribution in [0.3, 0.4) is 0 Å². The molecule has 14 heavy (non-hydrogen) atoms. The molecule has 0 saturated carbocycles. The van der Waals surface area contributed by atoms with Gasteiger partial charge in [-0.3, -0.25) is 0 Å². The second-order valence-electron chi connectivity index (χ2n) is 3.12. The molecule has 0 unspecified atom stereocenters. The molecule has 0 saturated heterocycles. The maximum Gasteiger partial charge on any atom is 0.0462 e. The summed E-state index contributed by atoms with van der Waals surface area (Å²) in [5, 5.41) is 2.00. The predicted molar refractivity (Wildman–Crippen MR) is 62.0 cm³/mol. The SMILES string of the molecule is C#CC(=C/C)/C=c1/[nH]c(CC)cc1=C. The van der Waals surface area contributed by atoms with E-state index >= 15 is 0 Å². The Morgan fingerprint density at radius 2 is 2.43 bits per heavy atom. The Morgan fingerprint density at radius 3 is 2.86 bits per heavy atom. The van der Waals surface area contributed by atoms with Crippen molar-refractivity contribution in [1.82, 2.24) is 4.98 Å². The fourth-order valence-electron chi connectivity index (χ4n) is 1.26. The third-order valence-corrected chi connectivity index (χ3v) is 2.15. The molecule has 1 heterocycles. The van der Waals surface area contributed by atoms with Gasteiger partial charge in [0.05, 0.1) is 0 Å². The van der Waals surface area contributed by atoms with E-state index < -0.39 is 0 Å². The highest BCUT2D eigenvalue weighted by atomic mass is 14.7. The Bertz CT molecular complexity index is 480. The van der Waals surface area contributed by atoms with E-state index in [4.69, 9.17) is 6.42 Å². The molecule has 1 heteroatoms. The van der Waals surface area contributed by atoms with Crippen molar-refractivity contribution in [3.8, 4) is 12.3 Å². The Labute approximate surface area is 84.9 Å². The molecule has 1 nitrogen and oxygen atoms in total. The first-order valence-electron chi connectivity index (χ1n) is 4.72. The van der Waals surface area contributed by atoms with Crippen LogP contribution in [0, 0.1) is 12.3 Å². The molecule has 0 aliphatic rings. The van der Waals surface area contributed by atoms with Gasteiger partial charge in [-0.25, -0.2) is 0 Å². The zero-order valence-electron chi connectivity index (χ0n) is 8.72. The van der Waals surface area contributed by atoms with Crippen molar-refractivity contribution in [2.24, 2.45) is 0 Å². The number of terminal acetylenes is 1. The summed E-state index contributed by atoms with van der Waals surface area (Å²) >= 11 is 0. The van der Waals surface area contributed by atoms with E-state index in [9.17, 15) is 0 Å². The Kier molecular flexibility index (Phi) is 3.36. The standard InChI is InChI=1S/C13H15N/c1-5-11(6-2)9-13-10(4)8-12(7-3)14-13/h1,6,8-9,14H,4,7H2,2-3H3/b11-6-,13-9+. The fourth-order valence-corrected chi connectivity index (χ4v) is 1.26. The highest BCUT2D eigenvalue weighted by Gasteiger charge is 1.92. The highest BCUT2D eigenvalue weighted by Crippen LogP contribution is 1.92. The molecular weight excluding hydrogens is 170 g/mol. The molecular formula is C13H15N. The van der Waals surface area contributed by atoms with Gasteiger partial charge in [0, 0.05) is 16.6 Å². The van der Waals surface area contributed by atoms with Gasteiger partial charge in [0.1, 0.15) is 0 Å². The first-order valence-corrected chi connectivity index (χ1v) is 4.72. The van der Waals surface area contributed by atoms with E-state index in [1.807, 2.05) is 19.1 Å². The average Bonchev–Trinajstić information content (AvgIpc) is 2.56. The highest BCUT2D eigenvalue weighted by molar-refractivity contribution is 5.55. The van der Waals surface area contributed by atoms with Crippen LogP contribution in [-0.2, 0) is 6.42 Å². The summed E-state index contributed by atoms with van der Waals surface area (Å²) < 4.78 is 0. The van der Waals surface area contributed by atoms with E-state index in [2.05, 4.69) is 30.5 Å². The van der Waals surface area contributed by atoms with Crippen LogP contribution in [0.2, 0.25) is 0 Å². The number of allylic oxidation sites excluding steroid dienone is 2. The van der Waals surface area contributed by atoms with Crippen LogP contribution in [0.25, 0.3) is 12.7 Å². The minimum absolute atomic E-state index is 0.874. The zero-order chi connectivity index (χ0) is 10.6. The van der Waals surface area contributed by atoms with Crippen LogP contribution in [-0.4, -0.2) is 4.98 Å². The van der Waals surface area contributed by atoms with Gasteiger partial charge >= 0.3 is 0 Å². The van der Waals surface area contributed by atoms with Crippen molar-refractivity contribution < 1.29 is 0 Å². The van der Waals surface area contributed by atoms with E-state index in [-0.39, 0.29) is 0 Å². The maximum absolute atomic E-state index is 5.34. The summed E-state index contributed by atoms with van der Waals surface area (Å²) in [4.78, 5) is 3.28. The number of aromatic nitrogens is 1. The second kappa shape index (κ2) is 4.53. The third-order valence-electron chi connectivity index (χ3n) is 2.15. The van der Waals surface area contributed by atoms with Crippen LogP contribution < -0.4 is 10.6 Å². The number of nitrogens with one attached hydrogen (secondary N) is 1. The zero-order valence-corrected chi connectivity index (χ0v) is 8.72. The van der Waals surface area contributed by atoms with Crippen molar-refractivity contribution in [2.45, 2.75) is 20.3 Å². The molecule has 1 aromatic rings. The lowest BCUT2D eigenvalue weighted by Gasteiger charge is -1.87. The molecule has 0 bridgehead atoms. The number of aromatic amines is 1. The van der Waals surface area contributed by atoms with Gasteiger partial charge in [0.2, 0.25) is 0 Å². The van der Waals surface area contributed by atoms with E-state index in [0.29, 0.717) is 0 Å². The quantitative estimate of drug-likeness (QED) is 0.669. The topological polar surface area (TPSA) is 15.8 Å². The van der Waals surface area contributed by atoms with Gasteiger partial charge in [0.25, 0.3) is 0 Å². The maximum atomic E-state index is 5.34. The van der Waals surface area contributed by atoms with Crippen LogP contribution in [0.4, 0.5) is 0 Å². The number of aryl methyl sites for hydroxylation is 1. The van der Waals surface area contributed by atoms with Gasteiger partial charge < -0.3 is 4.98 Å². The number of hydrogen-bond donors (Lipinski definition) is 1. The fraction of sp³-hybridized carbons (Fsp3) is 0.231. The lowest BCUT2D eigenvalue weighted by Crippen LogP contribution is -2.20. The smallest absolute Gasteiger partial charge is 0.0462 e. The molecule has 1 N–H and O–H groups in total. The van der Waals surface area contributed by atoms with E-state index in [1.54, 1.807) is 0 Å². The number of hydrogen-bond acceptors (Lipinski definition) is 0. The molecule has 0 aliphatic carbocycles. The number of H-pyrrole nitrogens is 1. The first kappa shape index (κ1) is 10.4. The van der Waals surface area contributed by atoms with Gasteiger partial charge in [0.15, 0.2) is 0 Å². The van der Waals surface area contributed by atoms with Crippen molar-refractivity contribution in [2.75, 3.05) is 0 Å². The predicted octanol–water partition coefficient (Wildman–Crippen LogP) is 1.35. The van der Waals surface area contributed by atoms with E-state index in [1.165, 1.54) is 5.69 Å². The van der Waals surface area contributed by atoms with Gasteiger partial charge in [-0.15, -0.1) is 6.42 Å². The van der Waals surface area contributed by atoms with Crippen molar-refractivity contribution in [1.29, 1.82) is 0 Å². The molecule has 1 rings (SSSR count). The van der Waals surface area contributed by atoms with Crippen molar-refractivity contribution in [3.63, 3.8) is 0 Å². The van der Waals surface area contributed by atoms with Crippen molar-refractivity contribution >= 4 is 12.7 Å². The molecule has 0 fully saturated rings. The lowest BCUT2D eigenvalue weighted by molar-refractivity contribution is 1.05. The number of rotatable bonds is 2. The summed E-state index contributed by atoms with van der Waals surface area (Å²) in [6.07, 6.45) is 10.2. The van der Waals surface area contributed by atoms with Gasteiger partial charge in [-0.05, 0) is 30.7 Å². The monoisotopic (exact) mass is 185 g/mol. The summed E-state index contributed by atoms with van der Waals surface area (Å²) in [6, 6.07) is 2.05. The van der Waals surface area contributed by atoms with E-state index in [0.717, 1.165) is 22.6 Å². The summed E-state index contributed by atoms with van der Waals surface area (Å²) in [6.45, 7) is 7.99. The summed E-state index contributed by atoms with van der Waals surface area (Å²) in [7, 11) is 0. The molecule has 0 spiro atoms. The minimum Gasteiger partial charge on any atom is -0.358 e. The van der Waals surface area contributed by atoms with Gasteiger partial charge in [-0.1, -0.05) is 25.5 Å². The molecule has 0 aromatic carbocycles. The minimum atomic E-state index is 0.874. The normalized spacial score (nSPS) is 12.9. The average molecular weight is 185 g/mol.